The van der Waals surface area contributed by atoms with Crippen LogP contribution in [-0.4, -0.2) is 8.80 Å². The van der Waals surface area contributed by atoms with E-state index in [0.717, 1.165) is 87.7 Å². The molecule has 0 amide bonds. The van der Waals surface area contributed by atoms with Gasteiger partial charge in [-0.05, 0) is 97.5 Å². The van der Waals surface area contributed by atoms with Gasteiger partial charge in [-0.25, -0.2) is 0 Å². The molecule has 0 radical (unpaired) electrons. The van der Waals surface area contributed by atoms with Gasteiger partial charge in [0.2, 0.25) is 0 Å². The number of hydrogen-bond acceptors (Lipinski definition) is 2. The third-order valence-electron chi connectivity index (χ3n) is 14.3. The average Bonchev–Trinajstić information content (AvgIpc) is 1.50. The number of fused-ring (bicyclic) bond motifs is 12. The van der Waals surface area contributed by atoms with Crippen LogP contribution in [0.3, 0.4) is 0 Å². The van der Waals surface area contributed by atoms with E-state index in [0.29, 0.717) is 33.5 Å². The highest BCUT2D eigenvalue weighted by atomic mass is 15.2. The molecular formula is C68H46N4. The zero-order valence-electron chi connectivity index (χ0n) is 54.1. The Morgan fingerprint density at radius 2 is 0.722 bits per heavy atom. The minimum atomic E-state index is -2.45. The molecule has 0 unspecified atom stereocenters. The van der Waals surface area contributed by atoms with Crippen molar-refractivity contribution in [2.24, 2.45) is 0 Å². The fraction of sp³-hybridized carbons (Fsp3) is 0.0294. The Balaban J connectivity index is 1.14. The lowest BCUT2D eigenvalue weighted by molar-refractivity contribution is 1.29. The zero-order chi connectivity index (χ0) is 61.3. The fourth-order valence-corrected chi connectivity index (χ4v) is 11.6. The molecule has 11 aromatic carbocycles. The topological polar surface area (TPSA) is 15.3 Å². The maximum absolute atomic E-state index is 9.44. The van der Waals surface area contributed by atoms with E-state index in [1.807, 2.05) is 109 Å². The van der Waals surface area contributed by atoms with Gasteiger partial charge in [0.05, 0.1) is 58.2 Å². The van der Waals surface area contributed by atoms with Crippen LogP contribution in [0.2, 0.25) is 0 Å². The number of anilines is 6. The summed E-state index contributed by atoms with van der Waals surface area (Å²) < 4.78 is 144. The molecule has 4 aromatic heterocycles. The van der Waals surface area contributed by atoms with Crippen LogP contribution in [0.15, 0.2) is 242 Å². The second kappa shape index (κ2) is 15.6. The summed E-state index contributed by atoms with van der Waals surface area (Å²) >= 11 is 0. The van der Waals surface area contributed by atoms with Gasteiger partial charge >= 0.3 is 0 Å². The lowest BCUT2D eigenvalue weighted by Crippen LogP contribution is -2.10. The van der Waals surface area contributed by atoms with Crippen LogP contribution in [0.5, 0.6) is 0 Å². The Bertz CT molecular complexity index is 5010. The second-order valence-corrected chi connectivity index (χ2v) is 18.1. The van der Waals surface area contributed by atoms with Gasteiger partial charge in [-0.1, -0.05) is 181 Å². The lowest BCUT2D eigenvalue weighted by Gasteiger charge is -2.26. The van der Waals surface area contributed by atoms with E-state index in [1.165, 1.54) is 24.3 Å². The Kier molecular flexibility index (Phi) is 5.99. The largest absolute Gasteiger partial charge is 0.310 e. The monoisotopic (exact) mass is 934 g/mol. The number of aryl methyl sites for hydroxylation is 2. The van der Waals surface area contributed by atoms with Gasteiger partial charge in [0.15, 0.2) is 0 Å². The Hall–Kier alpha value is -9.38. The SMILES string of the molecule is [2H]c1c([2H])c([2H])c(N(c2ccc(C([2H])([2H])[2H])cc2)c2ccc3c4c(-c5ccccc5)c5c(c(-c6ccccc6)c4n4c6ccccc6c2c34)c2ccc(N(c3ccc(C([2H])([2H])[2H])cc3)c3c([2H])c([2H])c([2H])c([2H])c3[2H])c3c4ccccc4n5c23)c([2H])c1[2H]. The highest BCUT2D eigenvalue weighted by molar-refractivity contribution is 6.39. The van der Waals surface area contributed by atoms with E-state index in [4.69, 9.17) is 16.4 Å². The van der Waals surface area contributed by atoms with E-state index < -0.39 is 74.1 Å². The number of nitrogens with zero attached hydrogens (tertiary/aromatic N) is 4. The summed E-state index contributed by atoms with van der Waals surface area (Å²) in [6, 6.07) is 51.3. The molecule has 4 nitrogen and oxygen atoms in total. The van der Waals surface area contributed by atoms with Gasteiger partial charge in [0, 0.05) is 85.2 Å². The van der Waals surface area contributed by atoms with Crippen LogP contribution >= 0.6 is 0 Å². The summed E-state index contributed by atoms with van der Waals surface area (Å²) in [6.07, 6.45) is 0. The molecule has 0 spiro atoms. The molecule has 72 heavy (non-hydrogen) atoms. The zero-order valence-corrected chi connectivity index (χ0v) is 38.1. The first-order valence-electron chi connectivity index (χ1n) is 31.6. The first-order chi connectivity index (χ1) is 42.2. The molecule has 0 aliphatic heterocycles. The van der Waals surface area contributed by atoms with Crippen molar-refractivity contribution >= 4 is 110 Å². The summed E-state index contributed by atoms with van der Waals surface area (Å²) in [5.41, 5.74) is 9.94. The predicted molar refractivity (Wildman–Crippen MR) is 305 cm³/mol. The Morgan fingerprint density at radius 3 is 1.12 bits per heavy atom. The normalized spacial score (nSPS) is 15.6. The van der Waals surface area contributed by atoms with Crippen LogP contribution in [0.4, 0.5) is 34.1 Å². The minimum Gasteiger partial charge on any atom is -0.310 e. The third kappa shape index (κ3) is 5.69. The van der Waals surface area contributed by atoms with Crippen molar-refractivity contribution in [3.8, 4) is 22.3 Å². The minimum absolute atomic E-state index is 0.0668. The molecule has 4 heterocycles. The molecule has 0 bridgehead atoms. The number of aromatic nitrogens is 2. The Labute approximate surface area is 439 Å². The Morgan fingerprint density at radius 1 is 0.333 bits per heavy atom. The average molecular weight is 935 g/mol. The van der Waals surface area contributed by atoms with Gasteiger partial charge in [-0.2, -0.15) is 0 Å². The van der Waals surface area contributed by atoms with E-state index in [1.54, 1.807) is 34.1 Å². The molecule has 0 fully saturated rings. The quantitative estimate of drug-likeness (QED) is 0.151. The van der Waals surface area contributed by atoms with Crippen LogP contribution in [-0.2, 0) is 0 Å². The highest BCUT2D eigenvalue weighted by Gasteiger charge is 2.33. The van der Waals surface area contributed by atoms with Crippen LogP contribution < -0.4 is 9.80 Å². The van der Waals surface area contributed by atoms with Crippen LogP contribution in [0.25, 0.3) is 98.4 Å². The predicted octanol–water partition coefficient (Wildman–Crippen LogP) is 18.9. The summed E-state index contributed by atoms with van der Waals surface area (Å²) in [5.74, 6) is 0. The van der Waals surface area contributed by atoms with Crippen molar-refractivity contribution in [3.05, 3.63) is 254 Å². The van der Waals surface area contributed by atoms with E-state index in [-0.39, 0.29) is 22.5 Å². The highest BCUT2D eigenvalue weighted by Crippen LogP contribution is 2.57. The molecule has 338 valence electrons. The van der Waals surface area contributed by atoms with Crippen molar-refractivity contribution < 1.29 is 21.9 Å². The number of rotatable bonds is 8. The van der Waals surface area contributed by atoms with E-state index in [2.05, 4.69) is 33.1 Å². The van der Waals surface area contributed by atoms with Crippen LogP contribution in [0.1, 0.15) is 33.1 Å². The van der Waals surface area contributed by atoms with Gasteiger partial charge in [0.1, 0.15) is 0 Å². The van der Waals surface area contributed by atoms with Gasteiger partial charge in [-0.15, -0.1) is 0 Å². The van der Waals surface area contributed by atoms with Crippen molar-refractivity contribution in [1.82, 2.24) is 8.80 Å². The fourth-order valence-electron chi connectivity index (χ4n) is 11.6. The standard InChI is InChI=1S/C68H46N4/c1-43-31-35-49(36-32-43)69(47-23-11-5-12-24-47)57-41-39-53-63-59(45-19-7-3-8-20-45)68-64(60(46-21-9-4-10-22-46)67(63)71-55-29-17-15-27-51(55)61(57)65(53)71)54-40-42-58(62-52-28-16-18-30-56(52)72(68)66(54)62)70(48-25-13-6-14-26-48)50-37-33-44(2)34-38-50/h3-42H,1-2H3/i1D3,2D3,5D,6D,11D,12D,13D,14D,23D,24D,25D,26D. The molecular weight excluding hydrogens is 873 g/mol. The van der Waals surface area contributed by atoms with Crippen molar-refractivity contribution in [2.45, 2.75) is 13.7 Å². The molecule has 0 N–H and O–H groups in total. The number of para-hydroxylation sites is 4. The summed E-state index contributed by atoms with van der Waals surface area (Å²) in [4.78, 5) is 3.29. The third-order valence-corrected chi connectivity index (χ3v) is 14.3. The first kappa shape index (κ1) is 27.7. The summed E-state index contributed by atoms with van der Waals surface area (Å²) in [5, 5.41) is 6.42. The van der Waals surface area contributed by atoms with Gasteiger partial charge in [-0.3, -0.25) is 0 Å². The maximum atomic E-state index is 9.44. The van der Waals surface area contributed by atoms with Crippen molar-refractivity contribution in [1.29, 1.82) is 0 Å². The van der Waals surface area contributed by atoms with E-state index in [9.17, 15) is 5.48 Å². The van der Waals surface area contributed by atoms with E-state index >= 15 is 0 Å². The lowest BCUT2D eigenvalue weighted by atomic mass is 9.89. The molecule has 0 aliphatic rings. The number of hydrogen-bond donors (Lipinski definition) is 0. The second-order valence-electron chi connectivity index (χ2n) is 18.1. The summed E-state index contributed by atoms with van der Waals surface area (Å²) in [7, 11) is 0. The summed E-state index contributed by atoms with van der Waals surface area (Å²) in [6.45, 7) is -4.90. The molecule has 0 saturated carbocycles. The molecule has 15 aromatic rings. The molecule has 0 aliphatic carbocycles. The molecule has 4 heteroatoms. The number of benzene rings is 11. The first-order valence-corrected chi connectivity index (χ1v) is 23.6. The molecule has 15 rings (SSSR count). The molecule has 0 saturated heterocycles. The maximum Gasteiger partial charge on any atom is 0.0645 e. The van der Waals surface area contributed by atoms with Crippen molar-refractivity contribution in [2.75, 3.05) is 9.80 Å². The van der Waals surface area contributed by atoms with Gasteiger partial charge < -0.3 is 18.6 Å². The smallest absolute Gasteiger partial charge is 0.0645 e. The van der Waals surface area contributed by atoms with Crippen LogP contribution in [0, 0.1) is 13.7 Å². The van der Waals surface area contributed by atoms with Gasteiger partial charge in [0.25, 0.3) is 0 Å². The van der Waals surface area contributed by atoms with Crippen molar-refractivity contribution in [3.63, 3.8) is 0 Å². The molecule has 0 atom stereocenters.